The number of hydrogen-bond acceptors (Lipinski definition) is 6. The van der Waals surface area contributed by atoms with Crippen LogP contribution in [0.5, 0.6) is 0 Å². The Bertz CT molecular complexity index is 1290. The lowest BCUT2D eigenvalue weighted by Crippen LogP contribution is -2.35. The molecule has 1 atom stereocenters. The molecule has 0 bridgehead atoms. The number of rotatable bonds is 9. The van der Waals surface area contributed by atoms with Crippen molar-refractivity contribution in [1.82, 2.24) is 9.21 Å². The molecule has 0 saturated carbocycles. The first-order valence-electron chi connectivity index (χ1n) is 13.1. The zero-order valence-electron chi connectivity index (χ0n) is 22.2. The SMILES string of the molecule is COCCCN1C(=O)C(=O)/C(=C(\O)c2ccc(S(=O)(=O)N3CCCCC3)cc2)C1c1ccc(C(C)C)cc1. The van der Waals surface area contributed by atoms with Crippen molar-refractivity contribution in [3.8, 4) is 0 Å². The standard InChI is InChI=1S/C29H36N2O6S/c1-20(2)21-8-10-22(11-9-21)26-25(28(33)29(34)31(26)18-7-19-37-3)27(32)23-12-14-24(15-13-23)38(35,36)30-16-5-4-6-17-30/h8-15,20,26,32H,4-7,16-19H2,1-3H3/b27-25-. The summed E-state index contributed by atoms with van der Waals surface area (Å²) in [6.07, 6.45) is 3.22. The topological polar surface area (TPSA) is 104 Å². The first-order chi connectivity index (χ1) is 18.2. The van der Waals surface area contributed by atoms with Crippen molar-refractivity contribution < 1.29 is 27.9 Å². The van der Waals surface area contributed by atoms with Crippen LogP contribution in [0.4, 0.5) is 0 Å². The maximum absolute atomic E-state index is 13.2. The highest BCUT2D eigenvalue weighted by Gasteiger charge is 2.45. The van der Waals surface area contributed by atoms with Crippen molar-refractivity contribution in [3.63, 3.8) is 0 Å². The highest BCUT2D eigenvalue weighted by atomic mass is 32.2. The lowest BCUT2D eigenvalue weighted by molar-refractivity contribution is -0.140. The van der Waals surface area contributed by atoms with Crippen molar-refractivity contribution in [1.29, 1.82) is 0 Å². The van der Waals surface area contributed by atoms with Gasteiger partial charge in [-0.15, -0.1) is 0 Å². The second-order valence-electron chi connectivity index (χ2n) is 10.1. The quantitative estimate of drug-likeness (QED) is 0.218. The smallest absolute Gasteiger partial charge is 0.295 e. The lowest BCUT2D eigenvalue weighted by atomic mass is 9.93. The second-order valence-corrected chi connectivity index (χ2v) is 12.1. The van der Waals surface area contributed by atoms with Gasteiger partial charge in [-0.3, -0.25) is 9.59 Å². The summed E-state index contributed by atoms with van der Waals surface area (Å²) in [7, 11) is -2.06. The molecule has 2 aliphatic rings. The predicted molar refractivity (Wildman–Crippen MR) is 145 cm³/mol. The molecule has 1 unspecified atom stereocenters. The van der Waals surface area contributed by atoms with Crippen molar-refractivity contribution in [3.05, 3.63) is 70.8 Å². The molecule has 0 spiro atoms. The number of amides is 1. The van der Waals surface area contributed by atoms with E-state index in [1.54, 1.807) is 7.11 Å². The third-order valence-corrected chi connectivity index (χ3v) is 9.20. The third kappa shape index (κ3) is 5.55. The maximum atomic E-state index is 13.2. The fourth-order valence-corrected chi connectivity index (χ4v) is 6.61. The summed E-state index contributed by atoms with van der Waals surface area (Å²) in [6, 6.07) is 12.8. The molecule has 2 fully saturated rings. The molecule has 2 saturated heterocycles. The van der Waals surface area contributed by atoms with Crippen LogP contribution in [-0.4, -0.2) is 67.8 Å². The highest BCUT2D eigenvalue weighted by molar-refractivity contribution is 7.89. The van der Waals surface area contributed by atoms with E-state index < -0.39 is 27.8 Å². The van der Waals surface area contributed by atoms with E-state index in [9.17, 15) is 23.1 Å². The molecule has 204 valence electrons. The van der Waals surface area contributed by atoms with Crippen molar-refractivity contribution >= 4 is 27.5 Å². The van der Waals surface area contributed by atoms with Crippen LogP contribution in [0, 0.1) is 0 Å². The van der Waals surface area contributed by atoms with Gasteiger partial charge in [0.05, 0.1) is 16.5 Å². The Morgan fingerprint density at radius 3 is 2.21 bits per heavy atom. The maximum Gasteiger partial charge on any atom is 0.295 e. The van der Waals surface area contributed by atoms with Crippen molar-refractivity contribution in [2.24, 2.45) is 0 Å². The number of piperidine rings is 1. The zero-order chi connectivity index (χ0) is 27.4. The van der Waals surface area contributed by atoms with Crippen molar-refractivity contribution in [2.75, 3.05) is 33.4 Å². The van der Waals surface area contributed by atoms with Crippen molar-refractivity contribution in [2.45, 2.75) is 56.4 Å². The van der Waals surface area contributed by atoms with Crippen LogP contribution in [0.1, 0.15) is 68.2 Å². The number of aliphatic hydroxyl groups excluding tert-OH is 1. The Hall–Kier alpha value is -3.01. The fraction of sp³-hybridized carbons (Fsp3) is 0.448. The first kappa shape index (κ1) is 28.0. The van der Waals surface area contributed by atoms with Gasteiger partial charge in [0.25, 0.3) is 11.7 Å². The molecule has 9 heteroatoms. The molecular weight excluding hydrogens is 504 g/mol. The van der Waals surface area contributed by atoms with Crippen LogP contribution >= 0.6 is 0 Å². The van der Waals surface area contributed by atoms with Gasteiger partial charge in [0.2, 0.25) is 10.0 Å². The van der Waals surface area contributed by atoms with E-state index in [2.05, 4.69) is 13.8 Å². The minimum Gasteiger partial charge on any atom is -0.507 e. The number of sulfonamides is 1. The van der Waals surface area contributed by atoms with Crippen LogP contribution in [-0.2, 0) is 24.3 Å². The molecule has 2 aromatic carbocycles. The Morgan fingerprint density at radius 2 is 1.63 bits per heavy atom. The highest BCUT2D eigenvalue weighted by Crippen LogP contribution is 2.40. The number of carbonyl (C=O) groups excluding carboxylic acids is 2. The second kappa shape index (κ2) is 11.8. The van der Waals surface area contributed by atoms with Crippen LogP contribution in [0.3, 0.4) is 0 Å². The first-order valence-corrected chi connectivity index (χ1v) is 14.6. The van der Waals surface area contributed by atoms with E-state index in [1.165, 1.54) is 33.5 Å². The van der Waals surface area contributed by atoms with Gasteiger partial charge in [0.1, 0.15) is 5.76 Å². The molecule has 1 N–H and O–H groups in total. The van der Waals surface area contributed by atoms with Gasteiger partial charge in [-0.1, -0.05) is 44.5 Å². The van der Waals surface area contributed by atoms with Gasteiger partial charge in [-0.25, -0.2) is 8.42 Å². The number of hydrogen-bond donors (Lipinski definition) is 1. The largest absolute Gasteiger partial charge is 0.507 e. The fourth-order valence-electron chi connectivity index (χ4n) is 5.09. The molecule has 4 rings (SSSR count). The summed E-state index contributed by atoms with van der Waals surface area (Å²) < 4.78 is 32.7. The Kier molecular flexibility index (Phi) is 8.70. The van der Waals surface area contributed by atoms with Crippen LogP contribution < -0.4 is 0 Å². The Morgan fingerprint density at radius 1 is 1.00 bits per heavy atom. The van der Waals surface area contributed by atoms with Gasteiger partial charge < -0.3 is 14.7 Å². The summed E-state index contributed by atoms with van der Waals surface area (Å²) >= 11 is 0. The average Bonchev–Trinajstić information content (AvgIpc) is 3.18. The summed E-state index contributed by atoms with van der Waals surface area (Å²) in [6.45, 7) is 5.87. The van der Waals surface area contributed by atoms with Gasteiger partial charge in [0, 0.05) is 38.9 Å². The molecular formula is C29H36N2O6S. The number of ether oxygens (including phenoxy) is 1. The van der Waals surface area contributed by atoms with Crippen LogP contribution in [0.2, 0.25) is 0 Å². The van der Waals surface area contributed by atoms with Crippen LogP contribution in [0.15, 0.2) is 59.0 Å². The number of likely N-dealkylation sites (tertiary alicyclic amines) is 1. The number of benzene rings is 2. The van der Waals surface area contributed by atoms with Gasteiger partial charge in [0.15, 0.2) is 0 Å². The molecule has 0 aromatic heterocycles. The molecule has 0 aliphatic carbocycles. The number of methoxy groups -OCH3 is 1. The van der Waals surface area contributed by atoms with Gasteiger partial charge in [-0.05, 0) is 60.6 Å². The zero-order valence-corrected chi connectivity index (χ0v) is 23.0. The van der Waals surface area contributed by atoms with Gasteiger partial charge >= 0.3 is 0 Å². The number of nitrogens with zero attached hydrogens (tertiary/aromatic N) is 2. The van der Waals surface area contributed by atoms with E-state index in [4.69, 9.17) is 4.74 Å². The molecule has 8 nitrogen and oxygen atoms in total. The summed E-state index contributed by atoms with van der Waals surface area (Å²) in [4.78, 5) is 27.9. The van der Waals surface area contributed by atoms with E-state index in [0.717, 1.165) is 30.4 Å². The lowest BCUT2D eigenvalue weighted by Gasteiger charge is -2.26. The van der Waals surface area contributed by atoms with E-state index >= 15 is 0 Å². The number of carbonyl (C=O) groups is 2. The molecule has 0 radical (unpaired) electrons. The normalized spacial score (nSPS) is 20.4. The van der Waals surface area contributed by atoms with Crippen LogP contribution in [0.25, 0.3) is 5.76 Å². The number of Topliss-reactive ketones (excluding diaryl/α,β-unsaturated/α-hetero) is 1. The molecule has 1 amide bonds. The summed E-state index contributed by atoms with van der Waals surface area (Å²) in [5, 5.41) is 11.3. The Balaban J connectivity index is 1.72. The van der Waals surface area contributed by atoms with E-state index in [1.807, 2.05) is 24.3 Å². The minimum absolute atomic E-state index is 0.00338. The Labute approximate surface area is 225 Å². The molecule has 38 heavy (non-hydrogen) atoms. The number of ketones is 1. The third-order valence-electron chi connectivity index (χ3n) is 7.29. The molecule has 2 heterocycles. The predicted octanol–water partition coefficient (Wildman–Crippen LogP) is 4.44. The van der Waals surface area contributed by atoms with Gasteiger partial charge in [-0.2, -0.15) is 4.31 Å². The summed E-state index contributed by atoms with van der Waals surface area (Å²) in [5.41, 5.74) is 2.12. The summed E-state index contributed by atoms with van der Waals surface area (Å²) in [5.74, 6) is -1.44. The van der Waals surface area contributed by atoms with E-state index in [0.29, 0.717) is 38.6 Å². The average molecular weight is 541 g/mol. The molecule has 2 aliphatic heterocycles. The number of aliphatic hydroxyl groups is 1. The minimum atomic E-state index is -3.64. The van der Waals surface area contributed by atoms with E-state index in [-0.39, 0.29) is 21.8 Å². The molecule has 2 aromatic rings. The monoisotopic (exact) mass is 540 g/mol.